The molecule has 0 aliphatic carbocycles. The summed E-state index contributed by atoms with van der Waals surface area (Å²) in [5.41, 5.74) is 0. The van der Waals surface area contributed by atoms with Gasteiger partial charge in [-0.1, -0.05) is 0 Å². The summed E-state index contributed by atoms with van der Waals surface area (Å²) in [6.07, 6.45) is 2.66. The molecule has 0 unspecified atom stereocenters. The molecule has 11 heavy (non-hydrogen) atoms. The summed E-state index contributed by atoms with van der Waals surface area (Å²) in [5, 5.41) is 3.48. The largest absolute Gasteiger partial charge is 0.383 e. The molecule has 1 aliphatic rings. The molecular weight excluding hydrogens is 158 g/mol. The lowest BCUT2D eigenvalue weighted by Gasteiger charge is -2.22. The van der Waals surface area contributed by atoms with E-state index in [1.54, 1.807) is 7.11 Å². The average molecular weight is 175 g/mol. The van der Waals surface area contributed by atoms with Crippen LogP contribution in [0.3, 0.4) is 0 Å². The number of nitrogens with one attached hydrogen (secondary N) is 1. The minimum atomic E-state index is 0.756. The number of hydrogen-bond donors (Lipinski definition) is 1. The Bertz CT molecular complexity index is 94.1. The van der Waals surface area contributed by atoms with Crippen molar-refractivity contribution in [1.29, 1.82) is 0 Å². The van der Waals surface area contributed by atoms with Crippen molar-refractivity contribution in [2.75, 3.05) is 31.8 Å². The molecule has 0 aromatic rings. The summed E-state index contributed by atoms with van der Waals surface area (Å²) in [6.45, 7) is 1.84. The van der Waals surface area contributed by atoms with Crippen molar-refractivity contribution in [3.8, 4) is 0 Å². The van der Waals surface area contributed by atoms with Gasteiger partial charge in [0.2, 0.25) is 0 Å². The summed E-state index contributed by atoms with van der Waals surface area (Å²) in [4.78, 5) is 0. The zero-order chi connectivity index (χ0) is 7.94. The third-order valence-corrected chi connectivity index (χ3v) is 3.01. The second-order valence-electron chi connectivity index (χ2n) is 2.83. The van der Waals surface area contributed by atoms with Crippen molar-refractivity contribution < 1.29 is 4.74 Å². The Morgan fingerprint density at radius 2 is 2.18 bits per heavy atom. The van der Waals surface area contributed by atoms with Crippen LogP contribution in [0.5, 0.6) is 0 Å². The number of thioether (sulfide) groups is 1. The van der Waals surface area contributed by atoms with Gasteiger partial charge >= 0.3 is 0 Å². The van der Waals surface area contributed by atoms with Gasteiger partial charge in [0.25, 0.3) is 0 Å². The summed E-state index contributed by atoms with van der Waals surface area (Å²) in [6, 6.07) is 0.756. The highest BCUT2D eigenvalue weighted by Crippen LogP contribution is 2.16. The van der Waals surface area contributed by atoms with Crippen LogP contribution in [-0.2, 0) is 4.74 Å². The topological polar surface area (TPSA) is 21.3 Å². The van der Waals surface area contributed by atoms with Gasteiger partial charge < -0.3 is 10.1 Å². The zero-order valence-electron chi connectivity index (χ0n) is 7.14. The van der Waals surface area contributed by atoms with E-state index in [1.807, 2.05) is 0 Å². The lowest BCUT2D eigenvalue weighted by molar-refractivity contribution is 0.195. The molecule has 0 amide bonds. The van der Waals surface area contributed by atoms with E-state index >= 15 is 0 Å². The average Bonchev–Trinajstić information content (AvgIpc) is 2.07. The SMILES string of the molecule is COCCNC1CCSCC1. The maximum Gasteiger partial charge on any atom is 0.0587 e. The molecule has 1 saturated heterocycles. The zero-order valence-corrected chi connectivity index (χ0v) is 7.95. The van der Waals surface area contributed by atoms with Crippen molar-refractivity contribution in [2.45, 2.75) is 18.9 Å². The molecule has 0 aromatic heterocycles. The summed E-state index contributed by atoms with van der Waals surface area (Å²) in [5.74, 6) is 2.65. The first-order valence-electron chi connectivity index (χ1n) is 4.23. The van der Waals surface area contributed by atoms with Crippen LogP contribution in [0.4, 0.5) is 0 Å². The Kier molecular flexibility index (Phi) is 4.99. The van der Waals surface area contributed by atoms with Gasteiger partial charge in [0.15, 0.2) is 0 Å². The van der Waals surface area contributed by atoms with Gasteiger partial charge in [-0.3, -0.25) is 0 Å². The van der Waals surface area contributed by atoms with Crippen LogP contribution in [-0.4, -0.2) is 37.8 Å². The van der Waals surface area contributed by atoms with Crippen LogP contribution in [0.2, 0.25) is 0 Å². The Balaban J connectivity index is 1.96. The van der Waals surface area contributed by atoms with Gasteiger partial charge in [0.1, 0.15) is 0 Å². The quantitative estimate of drug-likeness (QED) is 0.647. The highest BCUT2D eigenvalue weighted by atomic mass is 32.2. The lowest BCUT2D eigenvalue weighted by Crippen LogP contribution is -2.34. The fourth-order valence-corrected chi connectivity index (χ4v) is 2.37. The molecule has 0 atom stereocenters. The van der Waals surface area contributed by atoms with Crippen LogP contribution in [0, 0.1) is 0 Å². The second kappa shape index (κ2) is 5.86. The molecule has 0 bridgehead atoms. The van der Waals surface area contributed by atoms with Gasteiger partial charge in [-0.15, -0.1) is 0 Å². The molecule has 0 aromatic carbocycles. The van der Waals surface area contributed by atoms with E-state index < -0.39 is 0 Å². The fraction of sp³-hybridized carbons (Fsp3) is 1.00. The van der Waals surface area contributed by atoms with Crippen molar-refractivity contribution >= 4 is 11.8 Å². The number of ether oxygens (including phenoxy) is 1. The van der Waals surface area contributed by atoms with Gasteiger partial charge in [-0.05, 0) is 24.3 Å². The molecule has 1 rings (SSSR count). The molecule has 0 saturated carbocycles. The minimum absolute atomic E-state index is 0.756. The highest BCUT2D eigenvalue weighted by molar-refractivity contribution is 7.99. The molecule has 0 radical (unpaired) electrons. The van der Waals surface area contributed by atoms with Crippen molar-refractivity contribution in [3.05, 3.63) is 0 Å². The first-order chi connectivity index (χ1) is 5.43. The van der Waals surface area contributed by atoms with Gasteiger partial charge in [0, 0.05) is 19.7 Å². The molecule has 0 spiro atoms. The molecular formula is C8H17NOS. The number of methoxy groups -OCH3 is 1. The third kappa shape index (κ3) is 3.99. The molecule has 1 aliphatic heterocycles. The van der Waals surface area contributed by atoms with Gasteiger partial charge in [-0.2, -0.15) is 11.8 Å². The molecule has 1 N–H and O–H groups in total. The lowest BCUT2D eigenvalue weighted by atomic mass is 10.1. The van der Waals surface area contributed by atoms with E-state index in [0.717, 1.165) is 19.2 Å². The van der Waals surface area contributed by atoms with E-state index in [1.165, 1.54) is 24.3 Å². The van der Waals surface area contributed by atoms with Crippen LogP contribution < -0.4 is 5.32 Å². The Hall–Kier alpha value is 0.270. The molecule has 1 fully saturated rings. The first kappa shape index (κ1) is 9.36. The van der Waals surface area contributed by atoms with Crippen LogP contribution in [0.25, 0.3) is 0 Å². The van der Waals surface area contributed by atoms with Crippen LogP contribution in [0.15, 0.2) is 0 Å². The predicted molar refractivity (Wildman–Crippen MR) is 50.2 cm³/mol. The Morgan fingerprint density at radius 1 is 1.45 bits per heavy atom. The third-order valence-electron chi connectivity index (χ3n) is 1.96. The van der Waals surface area contributed by atoms with Crippen molar-refractivity contribution in [2.24, 2.45) is 0 Å². The standard InChI is InChI=1S/C8H17NOS/c1-10-5-4-9-8-2-6-11-7-3-8/h8-9H,2-7H2,1H3. The van der Waals surface area contributed by atoms with Crippen molar-refractivity contribution in [1.82, 2.24) is 5.32 Å². The Labute approximate surface area is 73.1 Å². The van der Waals surface area contributed by atoms with E-state index in [-0.39, 0.29) is 0 Å². The van der Waals surface area contributed by atoms with Gasteiger partial charge in [-0.25, -0.2) is 0 Å². The molecule has 66 valence electrons. The number of hydrogen-bond acceptors (Lipinski definition) is 3. The Morgan fingerprint density at radius 3 is 2.82 bits per heavy atom. The fourth-order valence-electron chi connectivity index (χ4n) is 1.27. The normalized spacial score (nSPS) is 20.5. The summed E-state index contributed by atoms with van der Waals surface area (Å²) < 4.78 is 4.97. The van der Waals surface area contributed by atoms with E-state index in [0.29, 0.717) is 0 Å². The van der Waals surface area contributed by atoms with E-state index in [2.05, 4.69) is 17.1 Å². The minimum Gasteiger partial charge on any atom is -0.383 e. The van der Waals surface area contributed by atoms with Crippen LogP contribution >= 0.6 is 11.8 Å². The highest BCUT2D eigenvalue weighted by Gasteiger charge is 2.11. The second-order valence-corrected chi connectivity index (χ2v) is 4.06. The van der Waals surface area contributed by atoms with Crippen molar-refractivity contribution in [3.63, 3.8) is 0 Å². The summed E-state index contributed by atoms with van der Waals surface area (Å²) in [7, 11) is 1.75. The molecule has 1 heterocycles. The monoisotopic (exact) mass is 175 g/mol. The summed E-state index contributed by atoms with van der Waals surface area (Å²) >= 11 is 2.07. The maximum absolute atomic E-state index is 4.97. The smallest absolute Gasteiger partial charge is 0.0587 e. The van der Waals surface area contributed by atoms with E-state index in [4.69, 9.17) is 4.74 Å². The first-order valence-corrected chi connectivity index (χ1v) is 5.39. The molecule has 2 nitrogen and oxygen atoms in total. The molecule has 3 heteroatoms. The maximum atomic E-state index is 4.97. The van der Waals surface area contributed by atoms with Gasteiger partial charge in [0.05, 0.1) is 6.61 Å². The number of rotatable bonds is 4. The van der Waals surface area contributed by atoms with E-state index in [9.17, 15) is 0 Å². The predicted octanol–water partition coefficient (Wildman–Crippen LogP) is 1.12. The van der Waals surface area contributed by atoms with Crippen LogP contribution in [0.1, 0.15) is 12.8 Å².